The van der Waals surface area contributed by atoms with E-state index in [1.54, 1.807) is 0 Å². The minimum atomic E-state index is 0.616. The predicted octanol–water partition coefficient (Wildman–Crippen LogP) is 2.81. The number of hydrogen-bond acceptors (Lipinski definition) is 2. The number of hydrogen-bond donors (Lipinski definition) is 1. The van der Waals surface area contributed by atoms with Crippen molar-refractivity contribution in [1.29, 1.82) is 0 Å². The molecule has 0 saturated carbocycles. The zero-order valence-corrected chi connectivity index (χ0v) is 9.83. The van der Waals surface area contributed by atoms with Gasteiger partial charge in [-0.2, -0.15) is 0 Å². The second kappa shape index (κ2) is 3.76. The molecule has 1 heterocycles. The van der Waals surface area contributed by atoms with Crippen LogP contribution >= 0.6 is 0 Å². The Hall–Kier alpha value is -1.18. The minimum Gasteiger partial charge on any atom is -0.397 e. The molecule has 0 spiro atoms. The monoisotopic (exact) mass is 204 g/mol. The highest BCUT2D eigenvalue weighted by molar-refractivity contribution is 5.69. The van der Waals surface area contributed by atoms with Crippen LogP contribution in [-0.4, -0.2) is 12.6 Å². The fourth-order valence-electron chi connectivity index (χ4n) is 2.57. The molecule has 2 nitrogen and oxygen atoms in total. The van der Waals surface area contributed by atoms with Gasteiger partial charge in [-0.15, -0.1) is 0 Å². The number of nitrogen functional groups attached to an aromatic ring is 1. The average Bonchev–Trinajstić information content (AvgIpc) is 2.45. The maximum absolute atomic E-state index is 6.07. The maximum Gasteiger partial charge on any atom is 0.0602 e. The van der Waals surface area contributed by atoms with Gasteiger partial charge in [0.25, 0.3) is 0 Å². The molecule has 15 heavy (non-hydrogen) atoms. The van der Waals surface area contributed by atoms with E-state index in [-0.39, 0.29) is 0 Å². The van der Waals surface area contributed by atoms with E-state index in [1.165, 1.54) is 17.7 Å². The standard InChI is InChI=1S/C13H20N2/c1-9-4-5-13(12(14)7-9)15-8-10(2)6-11(15)3/h4-5,7,10-11H,6,8,14H2,1-3H3. The van der Waals surface area contributed by atoms with E-state index in [9.17, 15) is 0 Å². The molecule has 2 rings (SSSR count). The van der Waals surface area contributed by atoms with Gasteiger partial charge in [0.15, 0.2) is 0 Å². The number of aryl methyl sites for hydroxylation is 1. The van der Waals surface area contributed by atoms with Gasteiger partial charge in [-0.3, -0.25) is 0 Å². The highest BCUT2D eigenvalue weighted by Crippen LogP contribution is 2.32. The molecule has 2 unspecified atom stereocenters. The third-order valence-electron chi connectivity index (χ3n) is 3.28. The van der Waals surface area contributed by atoms with Gasteiger partial charge in [0.05, 0.1) is 11.4 Å². The van der Waals surface area contributed by atoms with E-state index in [0.717, 1.165) is 18.2 Å². The van der Waals surface area contributed by atoms with Crippen LogP contribution in [0.15, 0.2) is 18.2 Å². The Morgan fingerprint density at radius 3 is 2.60 bits per heavy atom. The van der Waals surface area contributed by atoms with Crippen LogP contribution in [0.1, 0.15) is 25.8 Å². The van der Waals surface area contributed by atoms with Crippen molar-refractivity contribution in [2.45, 2.75) is 33.2 Å². The summed E-state index contributed by atoms with van der Waals surface area (Å²) in [6, 6.07) is 6.97. The van der Waals surface area contributed by atoms with E-state index >= 15 is 0 Å². The minimum absolute atomic E-state index is 0.616. The molecule has 0 bridgehead atoms. The summed E-state index contributed by atoms with van der Waals surface area (Å²) in [7, 11) is 0. The molecule has 1 fully saturated rings. The Labute approximate surface area is 92.1 Å². The van der Waals surface area contributed by atoms with Gasteiger partial charge < -0.3 is 10.6 Å². The summed E-state index contributed by atoms with van der Waals surface area (Å²) in [5, 5.41) is 0. The zero-order valence-electron chi connectivity index (χ0n) is 9.83. The van der Waals surface area contributed by atoms with E-state index in [1.807, 2.05) is 0 Å². The summed E-state index contributed by atoms with van der Waals surface area (Å²) in [6.45, 7) is 7.80. The van der Waals surface area contributed by atoms with Crippen LogP contribution in [0.3, 0.4) is 0 Å². The largest absolute Gasteiger partial charge is 0.397 e. The number of nitrogens with zero attached hydrogens (tertiary/aromatic N) is 1. The Bertz CT molecular complexity index is 360. The molecule has 2 atom stereocenters. The number of anilines is 2. The molecular formula is C13H20N2. The van der Waals surface area contributed by atoms with Crippen molar-refractivity contribution in [2.75, 3.05) is 17.2 Å². The Morgan fingerprint density at radius 1 is 1.33 bits per heavy atom. The number of nitrogens with two attached hydrogens (primary N) is 1. The molecule has 0 aliphatic carbocycles. The van der Waals surface area contributed by atoms with Gasteiger partial charge in [0.2, 0.25) is 0 Å². The van der Waals surface area contributed by atoms with Crippen molar-refractivity contribution >= 4 is 11.4 Å². The zero-order chi connectivity index (χ0) is 11.0. The summed E-state index contributed by atoms with van der Waals surface area (Å²) in [6.07, 6.45) is 1.27. The first-order valence-corrected chi connectivity index (χ1v) is 5.70. The normalized spacial score (nSPS) is 25.9. The second-order valence-corrected chi connectivity index (χ2v) is 4.90. The maximum atomic E-state index is 6.07. The van der Waals surface area contributed by atoms with Crippen LogP contribution in [-0.2, 0) is 0 Å². The third-order valence-corrected chi connectivity index (χ3v) is 3.28. The van der Waals surface area contributed by atoms with E-state index in [2.05, 4.69) is 43.9 Å². The van der Waals surface area contributed by atoms with Gasteiger partial charge in [-0.1, -0.05) is 13.0 Å². The second-order valence-electron chi connectivity index (χ2n) is 4.90. The fraction of sp³-hybridized carbons (Fsp3) is 0.538. The van der Waals surface area contributed by atoms with Crippen molar-refractivity contribution in [2.24, 2.45) is 5.92 Å². The molecule has 82 valence electrons. The van der Waals surface area contributed by atoms with E-state index in [0.29, 0.717) is 6.04 Å². The number of rotatable bonds is 1. The quantitative estimate of drug-likeness (QED) is 0.713. The highest BCUT2D eigenvalue weighted by Gasteiger charge is 2.27. The van der Waals surface area contributed by atoms with Gasteiger partial charge in [0, 0.05) is 12.6 Å². The third kappa shape index (κ3) is 1.94. The van der Waals surface area contributed by atoms with Crippen molar-refractivity contribution in [3.8, 4) is 0 Å². The van der Waals surface area contributed by atoms with Crippen LogP contribution in [0.25, 0.3) is 0 Å². The molecular weight excluding hydrogens is 184 g/mol. The SMILES string of the molecule is Cc1ccc(N2CC(C)CC2C)c(N)c1. The molecule has 1 aliphatic heterocycles. The summed E-state index contributed by atoms with van der Waals surface area (Å²) >= 11 is 0. The smallest absolute Gasteiger partial charge is 0.0602 e. The first kappa shape index (κ1) is 10.3. The summed E-state index contributed by atoms with van der Waals surface area (Å²) in [5.74, 6) is 0.778. The first-order chi connectivity index (χ1) is 7.08. The molecule has 2 heteroatoms. The van der Waals surface area contributed by atoms with Crippen molar-refractivity contribution in [3.05, 3.63) is 23.8 Å². The fourth-order valence-corrected chi connectivity index (χ4v) is 2.57. The molecule has 0 aromatic heterocycles. The molecule has 0 radical (unpaired) electrons. The van der Waals surface area contributed by atoms with Gasteiger partial charge in [0.1, 0.15) is 0 Å². The van der Waals surface area contributed by atoms with Crippen LogP contribution < -0.4 is 10.6 Å². The molecule has 1 aromatic carbocycles. The lowest BCUT2D eigenvalue weighted by atomic mass is 10.1. The average molecular weight is 204 g/mol. The Kier molecular flexibility index (Phi) is 2.59. The van der Waals surface area contributed by atoms with E-state index in [4.69, 9.17) is 5.73 Å². The van der Waals surface area contributed by atoms with Crippen LogP contribution in [0, 0.1) is 12.8 Å². The van der Waals surface area contributed by atoms with Crippen molar-refractivity contribution in [1.82, 2.24) is 0 Å². The lowest BCUT2D eigenvalue weighted by Crippen LogP contribution is -2.27. The molecule has 0 amide bonds. The van der Waals surface area contributed by atoms with Crippen molar-refractivity contribution < 1.29 is 0 Å². The molecule has 1 aromatic rings. The topological polar surface area (TPSA) is 29.3 Å². The van der Waals surface area contributed by atoms with E-state index < -0.39 is 0 Å². The van der Waals surface area contributed by atoms with Crippen LogP contribution in [0.4, 0.5) is 11.4 Å². The lowest BCUT2D eigenvalue weighted by molar-refractivity contribution is 0.625. The molecule has 1 saturated heterocycles. The lowest BCUT2D eigenvalue weighted by Gasteiger charge is -2.25. The summed E-state index contributed by atoms with van der Waals surface area (Å²) in [5.41, 5.74) is 9.42. The summed E-state index contributed by atoms with van der Waals surface area (Å²) < 4.78 is 0. The van der Waals surface area contributed by atoms with Crippen LogP contribution in [0.5, 0.6) is 0 Å². The Balaban J connectivity index is 2.29. The van der Waals surface area contributed by atoms with Crippen LogP contribution in [0.2, 0.25) is 0 Å². The Morgan fingerprint density at radius 2 is 2.07 bits per heavy atom. The summed E-state index contributed by atoms with van der Waals surface area (Å²) in [4.78, 5) is 2.43. The predicted molar refractivity (Wildman–Crippen MR) is 66.2 cm³/mol. The highest BCUT2D eigenvalue weighted by atomic mass is 15.2. The van der Waals surface area contributed by atoms with Gasteiger partial charge in [-0.05, 0) is 43.9 Å². The van der Waals surface area contributed by atoms with Gasteiger partial charge in [-0.25, -0.2) is 0 Å². The molecule has 1 aliphatic rings. The van der Waals surface area contributed by atoms with Gasteiger partial charge >= 0.3 is 0 Å². The number of benzene rings is 1. The molecule has 2 N–H and O–H groups in total. The first-order valence-electron chi connectivity index (χ1n) is 5.70. The van der Waals surface area contributed by atoms with Crippen molar-refractivity contribution in [3.63, 3.8) is 0 Å².